The molecule has 0 aliphatic heterocycles. The van der Waals surface area contributed by atoms with Gasteiger partial charge in [0.05, 0.1) is 16.1 Å². The van der Waals surface area contributed by atoms with Crippen molar-refractivity contribution in [1.82, 2.24) is 0 Å². The summed E-state index contributed by atoms with van der Waals surface area (Å²) in [6.45, 7) is 6.11. The first kappa shape index (κ1) is 10.7. The molecular formula is C7H12IN3. The fraction of sp³-hybridized carbons (Fsp3) is 0.571. The molecule has 0 fully saturated rings. The van der Waals surface area contributed by atoms with E-state index in [9.17, 15) is 0 Å². The van der Waals surface area contributed by atoms with Gasteiger partial charge >= 0.3 is 0 Å². The van der Waals surface area contributed by atoms with Gasteiger partial charge in [-0.15, -0.1) is 0 Å². The molecule has 0 aliphatic carbocycles. The zero-order valence-electron chi connectivity index (χ0n) is 6.93. The van der Waals surface area contributed by atoms with Gasteiger partial charge in [0.25, 0.3) is 0 Å². The average molecular weight is 265 g/mol. The number of hydrogen-bond donors (Lipinski definition) is 1. The van der Waals surface area contributed by atoms with Gasteiger partial charge in [-0.3, -0.25) is 4.99 Å². The van der Waals surface area contributed by atoms with Crippen LogP contribution >= 0.6 is 22.6 Å². The van der Waals surface area contributed by atoms with Gasteiger partial charge in [-0.25, -0.2) is 5.53 Å². The van der Waals surface area contributed by atoms with Crippen molar-refractivity contribution in [2.24, 2.45) is 15.5 Å². The summed E-state index contributed by atoms with van der Waals surface area (Å²) >= 11 is 2.05. The fourth-order valence-corrected chi connectivity index (χ4v) is 0.834. The van der Waals surface area contributed by atoms with Gasteiger partial charge in [-0.1, -0.05) is 20.8 Å². The Kier molecular flexibility index (Phi) is 4.48. The van der Waals surface area contributed by atoms with Crippen molar-refractivity contribution >= 4 is 26.8 Å². The summed E-state index contributed by atoms with van der Waals surface area (Å²) in [5, 5.41) is 3.19. The molecule has 1 N–H and O–H groups in total. The number of aliphatic imine (C=N–C) groups is 1. The minimum atomic E-state index is -0.0355. The second kappa shape index (κ2) is 4.58. The number of allylic oxidation sites excluding steroid dienone is 1. The molecule has 0 heterocycles. The van der Waals surface area contributed by atoms with E-state index in [1.807, 2.05) is 43.4 Å². The van der Waals surface area contributed by atoms with Crippen molar-refractivity contribution in [3.8, 4) is 0 Å². The van der Waals surface area contributed by atoms with Crippen molar-refractivity contribution in [3.05, 3.63) is 11.9 Å². The molecule has 0 spiro atoms. The summed E-state index contributed by atoms with van der Waals surface area (Å²) < 4.78 is 1.68. The third kappa shape index (κ3) is 4.23. The summed E-state index contributed by atoms with van der Waals surface area (Å²) in [4.78, 5) is 4.09. The zero-order chi connectivity index (χ0) is 8.91. The Morgan fingerprint density at radius 3 is 2.27 bits per heavy atom. The van der Waals surface area contributed by atoms with Crippen LogP contribution < -0.4 is 0 Å². The van der Waals surface area contributed by atoms with E-state index in [1.54, 1.807) is 4.22 Å². The lowest BCUT2D eigenvalue weighted by Crippen LogP contribution is -2.07. The molecule has 0 aliphatic rings. The standard InChI is InChI=1S/C7H12IN3/c1-7(2,3)6(4-11-9)10-5-8/h4-5,9H,1-3H3/b6-4-,10-5-,11-9?. The molecule has 0 unspecified atom stereocenters. The third-order valence-corrected chi connectivity index (χ3v) is 1.42. The summed E-state index contributed by atoms with van der Waals surface area (Å²) in [7, 11) is 0. The number of rotatable bonds is 2. The second-order valence-electron chi connectivity index (χ2n) is 3.12. The molecule has 0 radical (unpaired) electrons. The van der Waals surface area contributed by atoms with Crippen LogP contribution in [0, 0.1) is 10.9 Å². The van der Waals surface area contributed by atoms with Crippen LogP contribution in [-0.4, -0.2) is 4.22 Å². The van der Waals surface area contributed by atoms with Crippen molar-refractivity contribution in [2.75, 3.05) is 0 Å². The van der Waals surface area contributed by atoms with Crippen LogP contribution in [0.1, 0.15) is 20.8 Å². The quantitative estimate of drug-likeness (QED) is 0.452. The summed E-state index contributed by atoms with van der Waals surface area (Å²) in [6.07, 6.45) is 1.47. The smallest absolute Gasteiger partial charge is 0.0709 e. The van der Waals surface area contributed by atoms with Gasteiger partial charge in [0.15, 0.2) is 0 Å². The highest BCUT2D eigenvalue weighted by atomic mass is 127. The Morgan fingerprint density at radius 2 is 2.00 bits per heavy atom. The lowest BCUT2D eigenvalue weighted by Gasteiger charge is -2.17. The summed E-state index contributed by atoms with van der Waals surface area (Å²) in [5.74, 6) is 0. The van der Waals surface area contributed by atoms with Gasteiger partial charge in [-0.2, -0.15) is 5.11 Å². The zero-order valence-corrected chi connectivity index (χ0v) is 9.08. The SMILES string of the molecule is CC(C)(C)C(=C/N=N)/N=C\I. The maximum atomic E-state index is 6.66. The van der Waals surface area contributed by atoms with Crippen molar-refractivity contribution < 1.29 is 0 Å². The monoisotopic (exact) mass is 265 g/mol. The van der Waals surface area contributed by atoms with Gasteiger partial charge in [0.2, 0.25) is 0 Å². The Hall–Kier alpha value is -0.260. The second-order valence-corrected chi connectivity index (χ2v) is 3.68. The van der Waals surface area contributed by atoms with Crippen LogP contribution in [0.15, 0.2) is 22.0 Å². The molecule has 0 atom stereocenters. The highest BCUT2D eigenvalue weighted by molar-refractivity contribution is 14.1. The molecule has 0 saturated heterocycles. The highest BCUT2D eigenvalue weighted by Crippen LogP contribution is 2.25. The molecule has 0 amide bonds. The Labute approximate surface area is 80.6 Å². The van der Waals surface area contributed by atoms with E-state index in [2.05, 4.69) is 10.1 Å². The van der Waals surface area contributed by atoms with Crippen LogP contribution in [0.25, 0.3) is 0 Å². The third-order valence-electron chi connectivity index (χ3n) is 1.14. The van der Waals surface area contributed by atoms with Gasteiger partial charge in [-0.05, 0) is 22.6 Å². The minimum absolute atomic E-state index is 0.0355. The number of nitrogens with one attached hydrogen (secondary N) is 1. The van der Waals surface area contributed by atoms with Crippen LogP contribution in [0.3, 0.4) is 0 Å². The molecule has 0 aromatic rings. The Balaban J connectivity index is 4.61. The van der Waals surface area contributed by atoms with Crippen LogP contribution in [0.4, 0.5) is 0 Å². The van der Waals surface area contributed by atoms with Crippen molar-refractivity contribution in [1.29, 1.82) is 5.53 Å². The number of halogens is 1. The van der Waals surface area contributed by atoms with E-state index >= 15 is 0 Å². The van der Waals surface area contributed by atoms with E-state index in [4.69, 9.17) is 5.53 Å². The van der Waals surface area contributed by atoms with Crippen molar-refractivity contribution in [3.63, 3.8) is 0 Å². The van der Waals surface area contributed by atoms with E-state index in [0.29, 0.717) is 0 Å². The maximum Gasteiger partial charge on any atom is 0.0709 e. The average Bonchev–Trinajstić information content (AvgIpc) is 1.85. The molecule has 0 aromatic carbocycles. The lowest BCUT2D eigenvalue weighted by atomic mass is 9.93. The normalized spacial score (nSPS) is 14.0. The molecule has 0 bridgehead atoms. The van der Waals surface area contributed by atoms with Gasteiger partial charge in [0, 0.05) is 5.41 Å². The van der Waals surface area contributed by atoms with Crippen LogP contribution in [-0.2, 0) is 0 Å². The Bertz CT molecular complexity index is 188. The first-order chi connectivity index (χ1) is 5.02. The first-order valence-corrected chi connectivity index (χ1v) is 4.47. The van der Waals surface area contributed by atoms with Crippen LogP contribution in [0.5, 0.6) is 0 Å². The molecule has 0 saturated carbocycles. The molecule has 62 valence electrons. The summed E-state index contributed by atoms with van der Waals surface area (Å²) in [5.41, 5.74) is 7.45. The molecule has 3 nitrogen and oxygen atoms in total. The minimum Gasteiger partial charge on any atom is -0.253 e. The van der Waals surface area contributed by atoms with E-state index in [-0.39, 0.29) is 5.41 Å². The van der Waals surface area contributed by atoms with E-state index in [0.717, 1.165) is 5.70 Å². The molecule has 0 aromatic heterocycles. The number of nitrogens with zero attached hydrogens (tertiary/aromatic N) is 2. The molecule has 0 rings (SSSR count). The first-order valence-electron chi connectivity index (χ1n) is 3.22. The summed E-state index contributed by atoms with van der Waals surface area (Å²) in [6, 6.07) is 0. The van der Waals surface area contributed by atoms with E-state index in [1.165, 1.54) is 6.20 Å². The van der Waals surface area contributed by atoms with Crippen molar-refractivity contribution in [2.45, 2.75) is 20.8 Å². The Morgan fingerprint density at radius 1 is 1.45 bits per heavy atom. The number of hydrogen-bond acceptors (Lipinski definition) is 3. The maximum absolute atomic E-state index is 6.66. The molecule has 4 heteroatoms. The topological polar surface area (TPSA) is 48.6 Å². The highest BCUT2D eigenvalue weighted by Gasteiger charge is 2.15. The molecule has 11 heavy (non-hydrogen) atoms. The largest absolute Gasteiger partial charge is 0.253 e. The predicted molar refractivity (Wildman–Crippen MR) is 55.2 cm³/mol. The van der Waals surface area contributed by atoms with Gasteiger partial charge < -0.3 is 0 Å². The molecular weight excluding hydrogens is 253 g/mol. The van der Waals surface area contributed by atoms with Gasteiger partial charge in [0.1, 0.15) is 0 Å². The van der Waals surface area contributed by atoms with Crippen LogP contribution in [0.2, 0.25) is 0 Å². The fourth-order valence-electron chi connectivity index (χ4n) is 0.534. The lowest BCUT2D eigenvalue weighted by molar-refractivity contribution is 0.497. The van der Waals surface area contributed by atoms with E-state index < -0.39 is 0 Å². The predicted octanol–water partition coefficient (Wildman–Crippen LogP) is 3.37.